The van der Waals surface area contributed by atoms with Crippen molar-refractivity contribution < 1.29 is 9.59 Å². The van der Waals surface area contributed by atoms with E-state index in [9.17, 15) is 9.59 Å². The lowest BCUT2D eigenvalue weighted by Crippen LogP contribution is -2.65. The first-order valence-electron chi connectivity index (χ1n) is 11.6. The molecule has 32 heavy (non-hydrogen) atoms. The standard InChI is InChI=1S/C26H31N3O2S/c1-17-8-10-19(11-9-17)15-29-24(30)22-14-23-21(12-13-32-23)28(22)16-26(29,3)25(31)27-20-7-5-4-6-18(20)2/h8-14,18,20H,4-7,15-16H2,1-3H3,(H,27,31)/t18-,20-,26+/m0/s1. The van der Waals surface area contributed by atoms with Crippen molar-refractivity contribution in [2.75, 3.05) is 0 Å². The normalized spacial score (nSPS) is 25.7. The van der Waals surface area contributed by atoms with Gasteiger partial charge in [-0.3, -0.25) is 9.59 Å². The molecule has 0 spiro atoms. The Labute approximate surface area is 193 Å². The molecule has 2 aliphatic rings. The van der Waals surface area contributed by atoms with E-state index < -0.39 is 5.54 Å². The summed E-state index contributed by atoms with van der Waals surface area (Å²) in [5, 5.41) is 5.39. The maximum atomic E-state index is 13.8. The number of fused-ring (bicyclic) bond motifs is 3. The van der Waals surface area contributed by atoms with Gasteiger partial charge in [0.1, 0.15) is 11.2 Å². The number of aromatic nitrogens is 1. The van der Waals surface area contributed by atoms with Gasteiger partial charge in [-0.2, -0.15) is 0 Å². The third-order valence-corrected chi connectivity index (χ3v) is 8.28. The number of nitrogens with one attached hydrogen (secondary N) is 1. The molecule has 1 aliphatic heterocycles. The van der Waals surface area contributed by atoms with Gasteiger partial charge in [0.15, 0.2) is 0 Å². The van der Waals surface area contributed by atoms with E-state index in [1.54, 1.807) is 16.2 Å². The lowest BCUT2D eigenvalue weighted by atomic mass is 9.85. The van der Waals surface area contributed by atoms with Gasteiger partial charge in [-0.1, -0.05) is 49.6 Å². The molecule has 5 rings (SSSR count). The average Bonchev–Trinajstić information content (AvgIpc) is 3.36. The second-order valence-corrected chi connectivity index (χ2v) is 10.7. The molecule has 1 saturated carbocycles. The van der Waals surface area contributed by atoms with Gasteiger partial charge in [-0.05, 0) is 55.7 Å². The fourth-order valence-electron chi connectivity index (χ4n) is 5.25. The summed E-state index contributed by atoms with van der Waals surface area (Å²) in [6.07, 6.45) is 4.53. The van der Waals surface area contributed by atoms with Gasteiger partial charge in [0.25, 0.3) is 5.91 Å². The quantitative estimate of drug-likeness (QED) is 0.601. The zero-order chi connectivity index (χ0) is 22.5. The summed E-state index contributed by atoms with van der Waals surface area (Å²) in [6.45, 7) is 7.10. The smallest absolute Gasteiger partial charge is 0.271 e. The Hall–Kier alpha value is -2.60. The minimum Gasteiger partial charge on any atom is -0.351 e. The van der Waals surface area contributed by atoms with E-state index >= 15 is 0 Å². The number of benzene rings is 1. The molecule has 3 aromatic rings. The second kappa shape index (κ2) is 8.07. The number of amides is 2. The number of carbonyl (C=O) groups is 2. The summed E-state index contributed by atoms with van der Waals surface area (Å²) in [4.78, 5) is 29.4. The molecule has 5 nitrogen and oxygen atoms in total. The Morgan fingerprint density at radius 2 is 1.94 bits per heavy atom. The first-order valence-corrected chi connectivity index (χ1v) is 12.5. The topological polar surface area (TPSA) is 54.3 Å². The van der Waals surface area contributed by atoms with Crippen molar-refractivity contribution in [3.63, 3.8) is 0 Å². The highest BCUT2D eigenvalue weighted by Crippen LogP contribution is 2.36. The van der Waals surface area contributed by atoms with E-state index in [0.29, 0.717) is 24.7 Å². The van der Waals surface area contributed by atoms with Crippen LogP contribution in [0.1, 0.15) is 61.1 Å². The monoisotopic (exact) mass is 449 g/mol. The van der Waals surface area contributed by atoms with Gasteiger partial charge >= 0.3 is 0 Å². The van der Waals surface area contributed by atoms with Crippen LogP contribution in [0.5, 0.6) is 0 Å². The molecule has 0 unspecified atom stereocenters. The van der Waals surface area contributed by atoms with Crippen molar-refractivity contribution in [1.82, 2.24) is 14.8 Å². The highest BCUT2D eigenvalue weighted by Gasteiger charge is 2.48. The Balaban J connectivity index is 1.52. The first kappa shape index (κ1) is 21.3. The molecule has 6 heteroatoms. The fourth-order valence-corrected chi connectivity index (χ4v) is 6.07. The summed E-state index contributed by atoms with van der Waals surface area (Å²) in [7, 11) is 0. The third kappa shape index (κ3) is 3.54. The van der Waals surface area contributed by atoms with Crippen LogP contribution in [0.25, 0.3) is 10.2 Å². The number of aryl methyl sites for hydroxylation is 1. The summed E-state index contributed by atoms with van der Waals surface area (Å²) < 4.78 is 3.14. The molecule has 168 valence electrons. The van der Waals surface area contributed by atoms with E-state index in [-0.39, 0.29) is 17.9 Å². The van der Waals surface area contributed by atoms with E-state index in [1.807, 2.05) is 29.0 Å². The Bertz CT molecular complexity index is 1160. The van der Waals surface area contributed by atoms with Crippen molar-refractivity contribution in [2.45, 2.75) is 71.1 Å². The maximum absolute atomic E-state index is 13.8. The molecule has 1 aliphatic carbocycles. The number of hydrogen-bond acceptors (Lipinski definition) is 3. The summed E-state index contributed by atoms with van der Waals surface area (Å²) in [5.41, 5.74) is 2.98. The van der Waals surface area contributed by atoms with Gasteiger partial charge in [-0.25, -0.2) is 0 Å². The lowest BCUT2D eigenvalue weighted by molar-refractivity contribution is -0.134. The van der Waals surface area contributed by atoms with Gasteiger partial charge in [0.2, 0.25) is 5.91 Å². The number of rotatable bonds is 4. The molecular formula is C26H31N3O2S. The van der Waals surface area contributed by atoms with Gasteiger partial charge in [0, 0.05) is 12.6 Å². The predicted molar refractivity (Wildman–Crippen MR) is 129 cm³/mol. The van der Waals surface area contributed by atoms with Gasteiger partial charge < -0.3 is 14.8 Å². The highest BCUT2D eigenvalue weighted by atomic mass is 32.1. The van der Waals surface area contributed by atoms with Crippen LogP contribution in [0.4, 0.5) is 0 Å². The Morgan fingerprint density at radius 1 is 1.19 bits per heavy atom. The van der Waals surface area contributed by atoms with Crippen LogP contribution in [0, 0.1) is 12.8 Å². The zero-order valence-corrected chi connectivity index (χ0v) is 19.9. The largest absolute Gasteiger partial charge is 0.351 e. The van der Waals surface area contributed by atoms with Crippen molar-refractivity contribution in [1.29, 1.82) is 0 Å². The molecule has 3 heterocycles. The van der Waals surface area contributed by atoms with Crippen LogP contribution in [-0.4, -0.2) is 32.9 Å². The summed E-state index contributed by atoms with van der Waals surface area (Å²) in [5.74, 6) is 0.348. The Morgan fingerprint density at radius 3 is 2.69 bits per heavy atom. The molecule has 3 atom stereocenters. The molecule has 2 amide bonds. The van der Waals surface area contributed by atoms with E-state index in [2.05, 4.69) is 43.4 Å². The van der Waals surface area contributed by atoms with Crippen LogP contribution in [0.3, 0.4) is 0 Å². The number of thiophene rings is 1. The number of nitrogens with zero attached hydrogens (tertiary/aromatic N) is 2. The van der Waals surface area contributed by atoms with Crippen molar-refractivity contribution in [3.05, 3.63) is 58.6 Å². The maximum Gasteiger partial charge on any atom is 0.271 e. The molecule has 0 saturated heterocycles. The van der Waals surface area contributed by atoms with E-state index in [1.165, 1.54) is 12.0 Å². The van der Waals surface area contributed by atoms with Crippen LogP contribution >= 0.6 is 11.3 Å². The summed E-state index contributed by atoms with van der Waals surface area (Å²) >= 11 is 1.63. The fraction of sp³-hybridized carbons (Fsp3) is 0.462. The number of hydrogen-bond donors (Lipinski definition) is 1. The molecule has 2 aromatic heterocycles. The first-order chi connectivity index (χ1) is 15.4. The molecule has 0 radical (unpaired) electrons. The van der Waals surface area contributed by atoms with Crippen LogP contribution < -0.4 is 5.32 Å². The van der Waals surface area contributed by atoms with Crippen molar-refractivity contribution in [3.8, 4) is 0 Å². The van der Waals surface area contributed by atoms with Gasteiger partial charge in [0.05, 0.1) is 16.8 Å². The molecule has 1 N–H and O–H groups in total. The van der Waals surface area contributed by atoms with Crippen LogP contribution in [0.2, 0.25) is 0 Å². The minimum atomic E-state index is -0.958. The average molecular weight is 450 g/mol. The molecular weight excluding hydrogens is 418 g/mol. The van der Waals surface area contributed by atoms with Crippen LogP contribution in [0.15, 0.2) is 41.8 Å². The van der Waals surface area contributed by atoms with Gasteiger partial charge in [-0.15, -0.1) is 11.3 Å². The molecule has 1 aromatic carbocycles. The van der Waals surface area contributed by atoms with Crippen LogP contribution in [-0.2, 0) is 17.9 Å². The van der Waals surface area contributed by atoms with Crippen molar-refractivity contribution in [2.24, 2.45) is 5.92 Å². The minimum absolute atomic E-state index is 0.0422. The van der Waals surface area contributed by atoms with Crippen molar-refractivity contribution >= 4 is 33.4 Å². The Kier molecular flexibility index (Phi) is 5.36. The summed E-state index contributed by atoms with van der Waals surface area (Å²) in [6, 6.07) is 12.4. The lowest BCUT2D eigenvalue weighted by Gasteiger charge is -2.45. The van der Waals surface area contributed by atoms with E-state index in [0.717, 1.165) is 35.0 Å². The molecule has 1 fully saturated rings. The third-order valence-electron chi connectivity index (χ3n) is 7.43. The number of carbonyl (C=O) groups excluding carboxylic acids is 2. The SMILES string of the molecule is Cc1ccc(CN2C(=O)c3cc4sccc4n3C[C@]2(C)C(=O)N[C@H]2CCCC[C@@H]2C)cc1. The highest BCUT2D eigenvalue weighted by molar-refractivity contribution is 7.17. The predicted octanol–water partition coefficient (Wildman–Crippen LogP) is 5.12. The molecule has 0 bridgehead atoms. The second-order valence-electron chi connectivity index (χ2n) is 9.78. The zero-order valence-electron chi connectivity index (χ0n) is 19.1. The van der Waals surface area contributed by atoms with E-state index in [4.69, 9.17) is 0 Å².